The van der Waals surface area contributed by atoms with Gasteiger partial charge in [-0.05, 0) is 104 Å². The third-order valence-corrected chi connectivity index (χ3v) is 22.5. The van der Waals surface area contributed by atoms with Crippen molar-refractivity contribution in [2.24, 2.45) is 50.2 Å². The zero-order valence-electron chi connectivity index (χ0n) is 48.3. The standard InChI is InChI=1S/C57H92O26/c1-24-40(79-45-37(68)33(64)28(62)19-74-45)35(66)38(69)46(77-24)81-42-34(65)29(63)20-75-48(42)83-50(72)56-14-12-51(2,3)16-26(56)25-8-9-32-52(4)17-27(61)44(53(5,21-59)31(52)10-11-55(32,7)54(25,6)13-15-56)82-47-39(70)36(67)41(30(18-58)78-47)80-49-43(71)57(73,22-60)23-76-49/h8,24,26-49,58-71,73H,9-23H2,1-7H3/t24-,26-,27-,28+,29-,30+,31+,32+,33-,34-,35-,36+,37+,38+,39+,40-,41+,42+,43-,44-,45-,46-,47-,48-,49-,52-,53-,54+,55+,56-,57+/m0/s1. The van der Waals surface area contributed by atoms with Gasteiger partial charge in [0.05, 0.1) is 63.4 Å². The molecule has 476 valence electrons. The van der Waals surface area contributed by atoms with E-state index in [4.69, 9.17) is 47.4 Å². The minimum absolute atomic E-state index is 0.0531. The Hall–Kier alpha value is -1.75. The van der Waals surface area contributed by atoms with Crippen LogP contribution in [0, 0.1) is 50.2 Å². The highest BCUT2D eigenvalue weighted by atomic mass is 16.8. The topological polar surface area (TPSA) is 413 Å². The Balaban J connectivity index is 0.857. The monoisotopic (exact) mass is 1190 g/mol. The summed E-state index contributed by atoms with van der Waals surface area (Å²) >= 11 is 0. The first kappa shape index (κ1) is 64.2. The van der Waals surface area contributed by atoms with Crippen molar-refractivity contribution in [3.05, 3.63) is 11.6 Å². The van der Waals surface area contributed by atoms with Crippen LogP contribution in [-0.2, 0) is 52.2 Å². The predicted molar refractivity (Wildman–Crippen MR) is 279 cm³/mol. The summed E-state index contributed by atoms with van der Waals surface area (Å²) in [4.78, 5) is 15.3. The van der Waals surface area contributed by atoms with Crippen molar-refractivity contribution >= 4 is 5.97 Å². The molecule has 26 heteroatoms. The molecule has 5 aliphatic heterocycles. The third-order valence-electron chi connectivity index (χ3n) is 22.5. The second-order valence-corrected chi connectivity index (χ2v) is 27.9. The maximum absolute atomic E-state index is 15.3. The maximum Gasteiger partial charge on any atom is 0.315 e. The molecule has 83 heavy (non-hydrogen) atoms. The van der Waals surface area contributed by atoms with Crippen LogP contribution in [0.25, 0.3) is 0 Å². The van der Waals surface area contributed by atoms with Crippen molar-refractivity contribution in [3.8, 4) is 0 Å². The van der Waals surface area contributed by atoms with E-state index in [1.54, 1.807) is 0 Å². The number of rotatable bonds is 13. The smallest absolute Gasteiger partial charge is 0.315 e. The van der Waals surface area contributed by atoms with E-state index in [9.17, 15) is 76.6 Å². The molecule has 5 heterocycles. The summed E-state index contributed by atoms with van der Waals surface area (Å²) in [5.74, 6) is -1.20. The molecule has 5 aliphatic carbocycles. The lowest BCUT2D eigenvalue weighted by molar-refractivity contribution is -0.368. The van der Waals surface area contributed by atoms with Gasteiger partial charge in [0.25, 0.3) is 0 Å². The Kier molecular flexibility index (Phi) is 18.0. The molecule has 9 fully saturated rings. The summed E-state index contributed by atoms with van der Waals surface area (Å²) in [5.41, 5.74) is -4.81. The Morgan fingerprint density at radius 2 is 1.20 bits per heavy atom. The number of hydrogen-bond donors (Lipinski definition) is 15. The predicted octanol–water partition coefficient (Wildman–Crippen LogP) is -3.32. The lowest BCUT2D eigenvalue weighted by Crippen LogP contribution is -2.69. The highest BCUT2D eigenvalue weighted by Crippen LogP contribution is 2.76. The van der Waals surface area contributed by atoms with E-state index >= 15 is 4.79 Å². The number of fused-ring (bicyclic) bond motifs is 7. The van der Waals surface area contributed by atoms with Gasteiger partial charge in [0.15, 0.2) is 31.3 Å². The average Bonchev–Trinajstić information content (AvgIpc) is 1.03. The molecule has 10 aliphatic rings. The third kappa shape index (κ3) is 10.5. The summed E-state index contributed by atoms with van der Waals surface area (Å²) in [6, 6.07) is 0. The van der Waals surface area contributed by atoms with Crippen LogP contribution >= 0.6 is 0 Å². The van der Waals surface area contributed by atoms with Gasteiger partial charge in [-0.3, -0.25) is 4.79 Å². The molecule has 26 nitrogen and oxygen atoms in total. The van der Waals surface area contributed by atoms with Crippen LogP contribution in [0.5, 0.6) is 0 Å². The number of carbonyl (C=O) groups excluding carboxylic acids is 1. The van der Waals surface area contributed by atoms with Crippen molar-refractivity contribution < 1.29 is 129 Å². The Morgan fingerprint density at radius 1 is 0.602 bits per heavy atom. The molecule has 5 saturated heterocycles. The zero-order valence-corrected chi connectivity index (χ0v) is 48.3. The molecule has 0 aromatic heterocycles. The van der Waals surface area contributed by atoms with Gasteiger partial charge in [-0.2, -0.15) is 0 Å². The number of ether oxygens (including phenoxy) is 10. The molecular formula is C57H92O26. The van der Waals surface area contributed by atoms with Gasteiger partial charge in [-0.1, -0.05) is 53.2 Å². The summed E-state index contributed by atoms with van der Waals surface area (Å²) in [6.45, 7) is 11.1. The normalized spacial score (nSPS) is 55.3. The molecule has 0 amide bonds. The van der Waals surface area contributed by atoms with Crippen LogP contribution in [0.15, 0.2) is 11.6 Å². The lowest BCUT2D eigenvalue weighted by Gasteiger charge is -2.72. The first-order valence-electron chi connectivity index (χ1n) is 29.6. The highest BCUT2D eigenvalue weighted by molar-refractivity contribution is 5.79. The summed E-state index contributed by atoms with van der Waals surface area (Å²) in [6.07, 6.45) is -27.0. The Morgan fingerprint density at radius 3 is 1.86 bits per heavy atom. The van der Waals surface area contributed by atoms with Crippen LogP contribution in [0.3, 0.4) is 0 Å². The van der Waals surface area contributed by atoms with Crippen LogP contribution < -0.4 is 0 Å². The fourth-order valence-electron chi connectivity index (χ4n) is 17.3. The summed E-state index contributed by atoms with van der Waals surface area (Å²) < 4.78 is 59.0. The van der Waals surface area contributed by atoms with Crippen molar-refractivity contribution in [2.45, 2.75) is 247 Å². The summed E-state index contributed by atoms with van der Waals surface area (Å²) in [7, 11) is 0. The Bertz CT molecular complexity index is 2330. The van der Waals surface area contributed by atoms with Crippen LogP contribution in [0.4, 0.5) is 0 Å². The lowest BCUT2D eigenvalue weighted by atomic mass is 9.33. The number of hydrogen-bond acceptors (Lipinski definition) is 26. The number of allylic oxidation sites excluding steroid dienone is 2. The molecule has 0 aromatic rings. The fourth-order valence-corrected chi connectivity index (χ4v) is 17.3. The largest absolute Gasteiger partial charge is 0.432 e. The van der Waals surface area contributed by atoms with E-state index in [1.165, 1.54) is 6.92 Å². The van der Waals surface area contributed by atoms with Gasteiger partial charge in [0.1, 0.15) is 85.0 Å². The maximum atomic E-state index is 15.3. The SMILES string of the molecule is C[C@@H]1O[C@@H](O[C@H]2[C@H](OC(=O)[C@]34CCC(C)(C)C[C@H]3C3=CC[C@@H]5[C@@]6(C)C[C@H](O)[C@H](O[C@@H]7O[C@H](CO)[C@@H](O[C@@H]8OC[C@](O)(CO)[C@H]8O)[C@H](O)[C@H]7O)[C@@](C)(CO)[C@@H]6CC[C@@]5(C)[C@]3(C)CC4)OC[C@H](O)[C@@H]2O)[C@H](O)[C@H](O)[C@H]1O[C@@H]1OC[C@@H](O)[C@H](O)[C@H]1O. The molecule has 0 unspecified atom stereocenters. The van der Waals surface area contributed by atoms with E-state index in [-0.39, 0.29) is 36.2 Å². The van der Waals surface area contributed by atoms with Crippen LogP contribution in [0.2, 0.25) is 0 Å². The number of carbonyl (C=O) groups is 1. The first-order chi connectivity index (χ1) is 38.9. The summed E-state index contributed by atoms with van der Waals surface area (Å²) in [5, 5.41) is 163. The van der Waals surface area contributed by atoms with Crippen molar-refractivity contribution in [1.29, 1.82) is 0 Å². The van der Waals surface area contributed by atoms with Gasteiger partial charge in [-0.15, -0.1) is 0 Å². The molecule has 4 saturated carbocycles. The van der Waals surface area contributed by atoms with E-state index in [0.29, 0.717) is 51.4 Å². The van der Waals surface area contributed by atoms with Crippen molar-refractivity contribution in [2.75, 3.05) is 39.6 Å². The van der Waals surface area contributed by atoms with Crippen molar-refractivity contribution in [3.63, 3.8) is 0 Å². The average molecular weight is 1190 g/mol. The first-order valence-corrected chi connectivity index (χ1v) is 29.6. The minimum atomic E-state index is -2.05. The van der Waals surface area contributed by atoms with Gasteiger partial charge in [0, 0.05) is 5.41 Å². The van der Waals surface area contributed by atoms with Crippen LogP contribution in [0.1, 0.15) is 106 Å². The van der Waals surface area contributed by atoms with E-state index < -0.39 is 207 Å². The van der Waals surface area contributed by atoms with Crippen molar-refractivity contribution in [1.82, 2.24) is 0 Å². The van der Waals surface area contributed by atoms with Gasteiger partial charge >= 0.3 is 5.97 Å². The molecule has 0 radical (unpaired) electrons. The van der Waals surface area contributed by atoms with Gasteiger partial charge < -0.3 is 124 Å². The second-order valence-electron chi connectivity index (χ2n) is 27.9. The molecule has 15 N–H and O–H groups in total. The molecular weight excluding hydrogens is 1100 g/mol. The molecule has 31 atom stereocenters. The van der Waals surface area contributed by atoms with Crippen LogP contribution in [-0.4, -0.2) is 263 Å². The molecule has 0 aromatic carbocycles. The second kappa shape index (κ2) is 23.2. The highest BCUT2D eigenvalue weighted by Gasteiger charge is 2.72. The minimum Gasteiger partial charge on any atom is -0.432 e. The quantitative estimate of drug-likeness (QED) is 0.0487. The molecule has 0 spiro atoms. The fraction of sp³-hybridized carbons (Fsp3) is 0.947. The van der Waals surface area contributed by atoms with E-state index in [0.717, 1.165) is 5.57 Å². The van der Waals surface area contributed by atoms with Gasteiger partial charge in [-0.25, -0.2) is 0 Å². The number of aliphatic hydroxyl groups excluding tert-OH is 14. The van der Waals surface area contributed by atoms with Gasteiger partial charge in [0.2, 0.25) is 6.29 Å². The van der Waals surface area contributed by atoms with E-state index in [1.807, 2.05) is 6.92 Å². The zero-order chi connectivity index (χ0) is 60.5. The molecule has 10 rings (SSSR count). The molecule has 0 bridgehead atoms. The van der Waals surface area contributed by atoms with E-state index in [2.05, 4.69) is 40.7 Å². The number of aliphatic hydroxyl groups is 15. The number of esters is 1. The Labute approximate surface area is 482 Å².